The summed E-state index contributed by atoms with van der Waals surface area (Å²) in [6.45, 7) is 11.3. The number of hydrogen-bond donors (Lipinski definition) is 3. The Morgan fingerprint density at radius 1 is 0.953 bits per heavy atom. The molecule has 0 radical (unpaired) electrons. The fraction of sp³-hybridized carbons (Fsp3) is 0.758. The molecule has 0 aliphatic heterocycles. The second kappa shape index (κ2) is 12.2. The van der Waals surface area contributed by atoms with E-state index in [-0.39, 0.29) is 36.5 Å². The van der Waals surface area contributed by atoms with E-state index in [2.05, 4.69) is 19.4 Å². The second-order valence-electron chi connectivity index (χ2n) is 14.2. The summed E-state index contributed by atoms with van der Waals surface area (Å²) in [6, 6.07) is 0. The van der Waals surface area contributed by atoms with Crippen molar-refractivity contribution >= 4 is 0 Å². The van der Waals surface area contributed by atoms with E-state index >= 15 is 0 Å². The summed E-state index contributed by atoms with van der Waals surface area (Å²) in [7, 11) is 0. The molecule has 244 valence electrons. The van der Waals surface area contributed by atoms with Crippen molar-refractivity contribution in [1.82, 2.24) is 0 Å². The summed E-state index contributed by atoms with van der Waals surface area (Å²) in [4.78, 5) is 0. The van der Waals surface area contributed by atoms with Gasteiger partial charge in [-0.2, -0.15) is 26.3 Å². The van der Waals surface area contributed by atoms with E-state index in [1.165, 1.54) is 0 Å². The third kappa shape index (κ3) is 7.88. The van der Waals surface area contributed by atoms with Gasteiger partial charge in [0.2, 0.25) is 5.85 Å². The van der Waals surface area contributed by atoms with E-state index in [9.17, 15) is 46.1 Å². The highest BCUT2D eigenvalue weighted by atomic mass is 19.4. The monoisotopic (exact) mass is 622 g/mol. The zero-order valence-electron chi connectivity index (χ0n) is 25.5. The summed E-state index contributed by atoms with van der Waals surface area (Å²) >= 11 is 0. The van der Waals surface area contributed by atoms with Crippen LogP contribution >= 0.6 is 0 Å². The van der Waals surface area contributed by atoms with Gasteiger partial charge < -0.3 is 15.3 Å². The lowest BCUT2D eigenvalue weighted by atomic mass is 9.55. The standard InChI is InChI=1S/C33H45F7O3/c1-22-14-20-30(34,42)21-24(22)11-10-23-9-6-18-29(5)25(23)12-13-26(29)28(4,16-7-15-27(2,3)41)17-8-19-31(43,32(35,36)37)33(38,39)40/h10-11,25-26,41-43H,1,6-7,9,12-18,20-21H2,2-5H3/b23-10?,24-11-/t25?,26-,28-,29+,30+/m1/s1. The fourth-order valence-electron chi connectivity index (χ4n) is 7.76. The van der Waals surface area contributed by atoms with Crippen LogP contribution in [0.15, 0.2) is 35.5 Å². The van der Waals surface area contributed by atoms with Gasteiger partial charge in [0.1, 0.15) is 0 Å². The number of allylic oxidation sites excluding steroid dienone is 4. The Morgan fingerprint density at radius 3 is 2.16 bits per heavy atom. The van der Waals surface area contributed by atoms with Gasteiger partial charge in [-0.1, -0.05) is 56.1 Å². The SMILES string of the molecule is C=C1CC[C@@](O)(F)C/C1=C/C=C1CCC[C@@]2(C)C1CC[C@@H]2[C@@](C)(CC#CC(O)(C(F)(F)F)C(F)(F)F)CCCC(C)(C)O. The average molecular weight is 623 g/mol. The summed E-state index contributed by atoms with van der Waals surface area (Å²) in [6.07, 6.45) is -3.07. The molecule has 3 N–H and O–H groups in total. The molecule has 0 aromatic carbocycles. The van der Waals surface area contributed by atoms with Gasteiger partial charge in [0, 0.05) is 19.3 Å². The van der Waals surface area contributed by atoms with E-state index in [0.717, 1.165) is 42.7 Å². The van der Waals surface area contributed by atoms with E-state index < -0.39 is 34.8 Å². The maximum atomic E-state index is 14.3. The third-order valence-electron chi connectivity index (χ3n) is 10.1. The molecule has 0 bridgehead atoms. The molecule has 3 aliphatic rings. The first kappa shape index (κ1) is 35.6. The molecular weight excluding hydrogens is 577 g/mol. The van der Waals surface area contributed by atoms with Gasteiger partial charge >= 0.3 is 18.0 Å². The quantitative estimate of drug-likeness (QED) is 0.197. The van der Waals surface area contributed by atoms with Crippen LogP contribution in [-0.4, -0.2) is 44.7 Å². The zero-order valence-corrected chi connectivity index (χ0v) is 25.5. The Morgan fingerprint density at radius 2 is 1.58 bits per heavy atom. The molecule has 10 heteroatoms. The Balaban J connectivity index is 1.95. The minimum absolute atomic E-state index is 0.000399. The Bertz CT molecular complexity index is 1150. The number of alkyl halides is 7. The van der Waals surface area contributed by atoms with E-state index in [4.69, 9.17) is 0 Å². The molecule has 3 nitrogen and oxygen atoms in total. The van der Waals surface area contributed by atoms with Gasteiger partial charge in [0.05, 0.1) is 5.60 Å². The molecule has 3 fully saturated rings. The Kier molecular flexibility index (Phi) is 10.1. The van der Waals surface area contributed by atoms with Crippen molar-refractivity contribution in [2.75, 3.05) is 0 Å². The summed E-state index contributed by atoms with van der Waals surface area (Å²) in [5, 5.41) is 29.8. The number of rotatable bonds is 7. The lowest BCUT2D eigenvalue weighted by molar-refractivity contribution is -0.343. The van der Waals surface area contributed by atoms with Crippen molar-refractivity contribution in [1.29, 1.82) is 0 Å². The molecule has 1 unspecified atom stereocenters. The topological polar surface area (TPSA) is 60.7 Å². The smallest absolute Gasteiger partial charge is 0.390 e. The van der Waals surface area contributed by atoms with Crippen LogP contribution in [0.25, 0.3) is 0 Å². The van der Waals surface area contributed by atoms with Gasteiger partial charge in [-0.15, -0.1) is 0 Å². The van der Waals surface area contributed by atoms with Gasteiger partial charge in [-0.25, -0.2) is 4.39 Å². The normalized spacial score (nSPS) is 32.4. The van der Waals surface area contributed by atoms with Crippen molar-refractivity contribution in [2.24, 2.45) is 22.7 Å². The molecule has 43 heavy (non-hydrogen) atoms. The second-order valence-corrected chi connectivity index (χ2v) is 14.2. The molecule has 0 aromatic heterocycles. The van der Waals surface area contributed by atoms with Crippen LogP contribution in [0.4, 0.5) is 30.7 Å². The highest BCUT2D eigenvalue weighted by Gasteiger charge is 2.70. The predicted molar refractivity (Wildman–Crippen MR) is 151 cm³/mol. The van der Waals surface area contributed by atoms with Gasteiger partial charge in [0.15, 0.2) is 0 Å². The van der Waals surface area contributed by atoms with Crippen LogP contribution in [0.5, 0.6) is 0 Å². The maximum Gasteiger partial charge on any atom is 0.438 e. The zero-order chi connectivity index (χ0) is 32.7. The first-order valence-electron chi connectivity index (χ1n) is 15.0. The fourth-order valence-corrected chi connectivity index (χ4v) is 7.76. The van der Waals surface area contributed by atoms with Crippen LogP contribution in [0.3, 0.4) is 0 Å². The van der Waals surface area contributed by atoms with Gasteiger partial charge in [0.25, 0.3) is 0 Å². The number of hydrogen-bond acceptors (Lipinski definition) is 3. The van der Waals surface area contributed by atoms with Crippen molar-refractivity contribution < 1.29 is 46.1 Å². The highest BCUT2D eigenvalue weighted by Crippen LogP contribution is 2.63. The molecule has 0 aromatic rings. The third-order valence-corrected chi connectivity index (χ3v) is 10.1. The maximum absolute atomic E-state index is 14.3. The van der Waals surface area contributed by atoms with Crippen molar-refractivity contribution in [2.45, 2.75) is 134 Å². The molecule has 0 heterocycles. The minimum atomic E-state index is -6.01. The summed E-state index contributed by atoms with van der Waals surface area (Å²) < 4.78 is 94.1. The van der Waals surface area contributed by atoms with Crippen LogP contribution in [0.1, 0.15) is 105 Å². The first-order valence-corrected chi connectivity index (χ1v) is 15.0. The first-order chi connectivity index (χ1) is 19.4. The van der Waals surface area contributed by atoms with Crippen molar-refractivity contribution in [3.63, 3.8) is 0 Å². The minimum Gasteiger partial charge on any atom is -0.390 e. The van der Waals surface area contributed by atoms with E-state index in [0.29, 0.717) is 37.7 Å². The van der Waals surface area contributed by atoms with Crippen LogP contribution < -0.4 is 0 Å². The Labute approximate surface area is 250 Å². The van der Waals surface area contributed by atoms with E-state index in [1.54, 1.807) is 13.8 Å². The average Bonchev–Trinajstić information content (AvgIpc) is 3.20. The lowest BCUT2D eigenvalue weighted by Gasteiger charge is -2.49. The van der Waals surface area contributed by atoms with Crippen LogP contribution in [0.2, 0.25) is 0 Å². The molecule has 3 aliphatic carbocycles. The predicted octanol–water partition coefficient (Wildman–Crippen LogP) is 8.65. The van der Waals surface area contributed by atoms with Gasteiger partial charge in [-0.3, -0.25) is 0 Å². The molecular formula is C33H45F7O3. The molecule has 0 amide bonds. The molecule has 0 saturated heterocycles. The number of aliphatic hydroxyl groups is 3. The molecule has 3 saturated carbocycles. The van der Waals surface area contributed by atoms with Crippen molar-refractivity contribution in [3.8, 4) is 11.8 Å². The van der Waals surface area contributed by atoms with Crippen LogP contribution in [-0.2, 0) is 0 Å². The summed E-state index contributed by atoms with van der Waals surface area (Å²) in [5.41, 5.74) is -4.65. The molecule has 3 rings (SSSR count). The largest absolute Gasteiger partial charge is 0.438 e. The van der Waals surface area contributed by atoms with Crippen LogP contribution in [0, 0.1) is 34.5 Å². The van der Waals surface area contributed by atoms with E-state index in [1.807, 2.05) is 19.1 Å². The number of halogens is 7. The lowest BCUT2D eigenvalue weighted by Crippen LogP contribution is -2.55. The number of fused-ring (bicyclic) bond motifs is 1. The molecule has 5 atom stereocenters. The highest BCUT2D eigenvalue weighted by molar-refractivity contribution is 5.37. The Hall–Kier alpha value is -1.83. The van der Waals surface area contributed by atoms with Crippen molar-refractivity contribution in [3.05, 3.63) is 35.5 Å². The molecule has 0 spiro atoms. The summed E-state index contributed by atoms with van der Waals surface area (Å²) in [5.74, 6) is 0.997. The van der Waals surface area contributed by atoms with Gasteiger partial charge in [-0.05, 0) is 99.4 Å².